The molecule has 3 aromatic rings. The number of amides is 1. The fourth-order valence-corrected chi connectivity index (χ4v) is 4.43. The Labute approximate surface area is 218 Å². The maximum atomic E-state index is 12.1. The molecule has 198 valence electrons. The van der Waals surface area contributed by atoms with Crippen LogP contribution in [-0.4, -0.2) is 56.5 Å². The molecule has 1 fully saturated rings. The predicted octanol–water partition coefficient (Wildman–Crippen LogP) is 4.62. The third kappa shape index (κ3) is 6.76. The van der Waals surface area contributed by atoms with E-state index in [2.05, 4.69) is 32.3 Å². The van der Waals surface area contributed by atoms with Crippen LogP contribution in [0.2, 0.25) is 0 Å². The van der Waals surface area contributed by atoms with E-state index in [0.717, 1.165) is 48.2 Å². The number of nitrogens with zero attached hydrogens (tertiary/aromatic N) is 5. The molecular formula is C27H37N7O3. The lowest BCUT2D eigenvalue weighted by Crippen LogP contribution is -2.32. The van der Waals surface area contributed by atoms with Gasteiger partial charge in [0.1, 0.15) is 5.60 Å². The van der Waals surface area contributed by atoms with Gasteiger partial charge >= 0.3 is 6.09 Å². The third-order valence-corrected chi connectivity index (χ3v) is 6.42. The zero-order valence-corrected chi connectivity index (χ0v) is 22.5. The highest BCUT2D eigenvalue weighted by molar-refractivity contribution is 5.68. The molecule has 10 heteroatoms. The average molecular weight is 508 g/mol. The van der Waals surface area contributed by atoms with Crippen molar-refractivity contribution in [3.05, 3.63) is 47.4 Å². The van der Waals surface area contributed by atoms with Crippen molar-refractivity contribution < 1.29 is 14.3 Å². The number of hydrogen-bond donors (Lipinski definition) is 2. The summed E-state index contributed by atoms with van der Waals surface area (Å²) < 4.78 is 13.3. The number of anilines is 1. The van der Waals surface area contributed by atoms with Crippen molar-refractivity contribution in [2.75, 3.05) is 25.9 Å². The molecule has 1 aromatic carbocycles. The molecule has 1 aliphatic rings. The third-order valence-electron chi connectivity index (χ3n) is 6.42. The number of hydrogen-bond acceptors (Lipinski definition) is 8. The quantitative estimate of drug-likeness (QED) is 0.496. The number of likely N-dealkylation sites (tertiary alicyclic amines) is 1. The molecule has 1 aliphatic heterocycles. The van der Waals surface area contributed by atoms with E-state index in [4.69, 9.17) is 15.2 Å². The second-order valence-electron chi connectivity index (χ2n) is 10.7. The van der Waals surface area contributed by atoms with Gasteiger partial charge in [-0.25, -0.2) is 14.8 Å². The first-order valence-electron chi connectivity index (χ1n) is 12.6. The SMILES string of the molecule is Cc1cc(-c2cnc(N)c(Oc3cnn(C4CCN(C)CC4)c3)n2)cc(C)c1CNC(=O)OC(C)(C)C. The average Bonchev–Trinajstić information content (AvgIpc) is 3.27. The Balaban J connectivity index is 1.48. The minimum Gasteiger partial charge on any atom is -0.444 e. The summed E-state index contributed by atoms with van der Waals surface area (Å²) in [6, 6.07) is 4.39. The maximum absolute atomic E-state index is 12.1. The molecule has 0 radical (unpaired) electrons. The van der Waals surface area contributed by atoms with Crippen LogP contribution in [0.3, 0.4) is 0 Å². The normalized spacial score (nSPS) is 15.0. The minimum absolute atomic E-state index is 0.211. The minimum atomic E-state index is -0.544. The Bertz CT molecular complexity index is 1230. The molecule has 3 N–H and O–H groups in total. The summed E-state index contributed by atoms with van der Waals surface area (Å²) in [5.74, 6) is 1.03. The number of aromatic nitrogens is 4. The van der Waals surface area contributed by atoms with Gasteiger partial charge in [0.2, 0.25) is 0 Å². The van der Waals surface area contributed by atoms with Gasteiger partial charge in [-0.05, 0) is 96.4 Å². The Morgan fingerprint density at radius 3 is 2.49 bits per heavy atom. The molecule has 4 rings (SSSR count). The van der Waals surface area contributed by atoms with Crippen LogP contribution in [0.1, 0.15) is 56.3 Å². The fraction of sp³-hybridized carbons (Fsp3) is 0.481. The number of rotatable bonds is 6. The first kappa shape index (κ1) is 26.4. The number of alkyl carbamates (subject to hydrolysis) is 1. The number of nitrogens with two attached hydrogens (primary N) is 1. The molecule has 0 spiro atoms. The van der Waals surface area contributed by atoms with E-state index in [-0.39, 0.29) is 11.7 Å². The summed E-state index contributed by atoms with van der Waals surface area (Å²) in [7, 11) is 2.14. The standard InChI is InChI=1S/C27H37N7O3/c1-17-11-19(12-18(2)22(17)14-30-26(35)37-27(3,4)5)23-15-29-24(28)25(32-23)36-21-13-31-34(16-21)20-7-9-33(6)10-8-20/h11-13,15-16,20H,7-10,14H2,1-6H3,(H2,28,29)(H,30,35). The summed E-state index contributed by atoms with van der Waals surface area (Å²) in [5, 5.41) is 7.33. The second-order valence-corrected chi connectivity index (χ2v) is 10.7. The predicted molar refractivity (Wildman–Crippen MR) is 142 cm³/mol. The van der Waals surface area contributed by atoms with Crippen molar-refractivity contribution in [1.29, 1.82) is 0 Å². The maximum Gasteiger partial charge on any atom is 0.407 e. The molecule has 1 saturated heterocycles. The monoisotopic (exact) mass is 507 g/mol. The molecule has 2 aromatic heterocycles. The highest BCUT2D eigenvalue weighted by atomic mass is 16.6. The van der Waals surface area contributed by atoms with Crippen molar-refractivity contribution in [3.8, 4) is 22.9 Å². The van der Waals surface area contributed by atoms with Gasteiger partial charge < -0.3 is 25.4 Å². The van der Waals surface area contributed by atoms with Crippen LogP contribution in [0.25, 0.3) is 11.3 Å². The highest BCUT2D eigenvalue weighted by Gasteiger charge is 2.20. The molecule has 0 saturated carbocycles. The van der Waals surface area contributed by atoms with E-state index in [1.54, 1.807) is 12.4 Å². The molecular weight excluding hydrogens is 470 g/mol. The molecule has 0 unspecified atom stereocenters. The van der Waals surface area contributed by atoms with Crippen LogP contribution in [0, 0.1) is 13.8 Å². The van der Waals surface area contributed by atoms with Gasteiger partial charge in [-0.2, -0.15) is 5.10 Å². The Morgan fingerprint density at radius 2 is 1.84 bits per heavy atom. The lowest BCUT2D eigenvalue weighted by atomic mass is 9.98. The highest BCUT2D eigenvalue weighted by Crippen LogP contribution is 2.30. The van der Waals surface area contributed by atoms with Crippen LogP contribution in [0.4, 0.5) is 10.6 Å². The smallest absolute Gasteiger partial charge is 0.407 e. The number of ether oxygens (including phenoxy) is 2. The molecule has 0 atom stereocenters. The summed E-state index contributed by atoms with van der Waals surface area (Å²) in [6.45, 7) is 12.0. The number of carbonyl (C=O) groups is 1. The molecule has 0 bridgehead atoms. The van der Waals surface area contributed by atoms with Crippen molar-refractivity contribution >= 4 is 11.9 Å². The summed E-state index contributed by atoms with van der Waals surface area (Å²) >= 11 is 0. The van der Waals surface area contributed by atoms with Gasteiger partial charge in [-0.3, -0.25) is 4.68 Å². The summed E-state index contributed by atoms with van der Waals surface area (Å²) in [4.78, 5) is 23.4. The van der Waals surface area contributed by atoms with Crippen LogP contribution in [-0.2, 0) is 11.3 Å². The van der Waals surface area contributed by atoms with Crippen molar-refractivity contribution in [3.63, 3.8) is 0 Å². The number of nitrogens with one attached hydrogen (secondary N) is 1. The molecule has 0 aliphatic carbocycles. The first-order chi connectivity index (χ1) is 17.5. The Morgan fingerprint density at radius 1 is 1.16 bits per heavy atom. The van der Waals surface area contributed by atoms with Gasteiger partial charge in [-0.1, -0.05) is 0 Å². The Hall–Kier alpha value is -3.66. The molecule has 37 heavy (non-hydrogen) atoms. The van der Waals surface area contributed by atoms with E-state index in [9.17, 15) is 4.79 Å². The van der Waals surface area contributed by atoms with Crippen LogP contribution in [0.15, 0.2) is 30.7 Å². The largest absolute Gasteiger partial charge is 0.444 e. The van der Waals surface area contributed by atoms with Gasteiger partial charge in [0, 0.05) is 12.1 Å². The van der Waals surface area contributed by atoms with Crippen molar-refractivity contribution in [2.45, 2.75) is 65.6 Å². The first-order valence-corrected chi connectivity index (χ1v) is 12.6. The zero-order chi connectivity index (χ0) is 26.7. The van der Waals surface area contributed by atoms with E-state index in [1.165, 1.54) is 0 Å². The van der Waals surface area contributed by atoms with Gasteiger partial charge in [-0.15, -0.1) is 0 Å². The number of nitrogen functional groups attached to an aromatic ring is 1. The van der Waals surface area contributed by atoms with Crippen LogP contribution in [0.5, 0.6) is 11.6 Å². The van der Waals surface area contributed by atoms with Gasteiger partial charge in [0.15, 0.2) is 11.6 Å². The van der Waals surface area contributed by atoms with E-state index in [1.807, 2.05) is 57.6 Å². The number of piperidine rings is 1. The number of benzene rings is 1. The summed E-state index contributed by atoms with van der Waals surface area (Å²) in [5.41, 5.74) is 10.1. The van der Waals surface area contributed by atoms with Crippen molar-refractivity contribution in [1.82, 2.24) is 30.0 Å². The van der Waals surface area contributed by atoms with Gasteiger partial charge in [0.25, 0.3) is 5.88 Å². The molecule has 1 amide bonds. The van der Waals surface area contributed by atoms with Crippen LogP contribution < -0.4 is 15.8 Å². The number of carbonyl (C=O) groups excluding carboxylic acids is 1. The topological polar surface area (TPSA) is 120 Å². The molecule has 3 heterocycles. The zero-order valence-electron chi connectivity index (χ0n) is 22.5. The van der Waals surface area contributed by atoms with Crippen LogP contribution >= 0.6 is 0 Å². The fourth-order valence-electron chi connectivity index (χ4n) is 4.43. The second kappa shape index (κ2) is 10.8. The lowest BCUT2D eigenvalue weighted by Gasteiger charge is -2.28. The van der Waals surface area contributed by atoms with Crippen molar-refractivity contribution in [2.24, 2.45) is 0 Å². The van der Waals surface area contributed by atoms with Gasteiger partial charge in [0.05, 0.1) is 30.3 Å². The lowest BCUT2D eigenvalue weighted by molar-refractivity contribution is 0.0523. The summed E-state index contributed by atoms with van der Waals surface area (Å²) in [6.07, 6.45) is 6.88. The van der Waals surface area contributed by atoms with E-state index in [0.29, 0.717) is 24.0 Å². The number of aryl methyl sites for hydroxylation is 2. The molecule has 10 nitrogen and oxygen atoms in total. The van der Waals surface area contributed by atoms with E-state index < -0.39 is 11.7 Å². The Kier molecular flexibility index (Phi) is 7.68. The van der Waals surface area contributed by atoms with E-state index >= 15 is 0 Å².